The molecule has 0 saturated heterocycles. The molecule has 10 N–H and O–H groups in total. The summed E-state index contributed by atoms with van der Waals surface area (Å²) < 4.78 is 17.2. The molecule has 4 aromatic rings. The number of hydrogen-bond acceptors (Lipinski definition) is 12. The normalized spacial score (nSPS) is 20.1. The van der Waals surface area contributed by atoms with E-state index < -0.39 is 12.6 Å². The summed E-state index contributed by atoms with van der Waals surface area (Å²) in [6.07, 6.45) is 7.17. The number of nitrogens with two attached hydrogens (primary N) is 1. The Labute approximate surface area is 407 Å². The highest BCUT2D eigenvalue weighted by atomic mass is 16.5. The summed E-state index contributed by atoms with van der Waals surface area (Å²) in [7, 11) is 0. The first-order valence-corrected chi connectivity index (χ1v) is 24.3. The van der Waals surface area contributed by atoms with Crippen molar-refractivity contribution in [1.82, 2.24) is 10.6 Å². The molecule has 0 aliphatic heterocycles. The van der Waals surface area contributed by atoms with Gasteiger partial charge in [0, 0.05) is 60.9 Å². The fourth-order valence-corrected chi connectivity index (χ4v) is 9.08. The fourth-order valence-electron chi connectivity index (χ4n) is 9.08. The number of ether oxygens (including phenoxy) is 3. The lowest BCUT2D eigenvalue weighted by atomic mass is 9.75. The topological polar surface area (TPSA) is 234 Å². The SMILES string of the molecule is CC1CCC(C(C)C)C(OCC(=O)NCc2ccc(NCc3cc(O)c(O)cc3O)cc2)C1.CC1CCC(C(C)C)C(OCC(=O)NCc2ccc(NCc3ccc(OCC(=O)O)cc3N)cc2)C1. The number of carbonyl (C=O) groups is 3. The highest BCUT2D eigenvalue weighted by molar-refractivity contribution is 5.77. The number of benzene rings is 4. The minimum Gasteiger partial charge on any atom is -0.507 e. The van der Waals surface area contributed by atoms with Crippen molar-refractivity contribution in [2.75, 3.05) is 36.2 Å². The van der Waals surface area contributed by atoms with Crippen LogP contribution in [0.2, 0.25) is 0 Å². The standard InChI is InChI=1S/C28H39N3O5.C26H36N2O5/c1-18(2)24-11-4-19(3)12-26(24)36-16-27(32)31-14-20-5-8-22(9-6-20)30-15-21-7-10-23(13-25(21)29)35-17-28(33)34;1-16(2)21-9-4-17(3)10-25(21)33-15-26(32)28-13-18-5-7-20(8-6-18)27-14-19-11-23(30)24(31)12-22(19)29/h5-10,13,18-19,24,26,30H,4,11-12,14-17,29H2,1-3H3,(H,31,32)(H,33,34);5-8,11-12,16-17,21,25,27,29-31H,4,9-10,13-15H2,1-3H3,(H,28,32). The molecule has 0 radical (unpaired) electrons. The number of carbonyl (C=O) groups excluding carboxylic acids is 2. The molecule has 69 heavy (non-hydrogen) atoms. The second-order valence-corrected chi connectivity index (χ2v) is 19.5. The van der Waals surface area contributed by atoms with Crippen molar-refractivity contribution in [3.63, 3.8) is 0 Å². The number of carboxylic acids is 1. The largest absolute Gasteiger partial charge is 0.507 e. The lowest BCUT2D eigenvalue weighted by molar-refractivity contribution is -0.139. The maximum Gasteiger partial charge on any atom is 0.341 e. The van der Waals surface area contributed by atoms with Crippen molar-refractivity contribution >= 4 is 34.8 Å². The van der Waals surface area contributed by atoms with E-state index in [1.54, 1.807) is 12.1 Å². The Hall–Kier alpha value is -6.19. The average Bonchev–Trinajstić information content (AvgIpc) is 3.31. The summed E-state index contributed by atoms with van der Waals surface area (Å²) in [6.45, 7) is 14.9. The van der Waals surface area contributed by atoms with Crippen LogP contribution in [0.3, 0.4) is 0 Å². The van der Waals surface area contributed by atoms with E-state index in [-0.39, 0.29) is 61.0 Å². The third-order valence-electron chi connectivity index (χ3n) is 13.3. The Bertz CT molecular complexity index is 2250. The van der Waals surface area contributed by atoms with E-state index in [1.165, 1.54) is 31.7 Å². The minimum absolute atomic E-state index is 0.0865. The summed E-state index contributed by atoms with van der Waals surface area (Å²) in [5.74, 6) is 1.89. The van der Waals surface area contributed by atoms with Gasteiger partial charge >= 0.3 is 5.97 Å². The molecule has 0 aromatic heterocycles. The number of phenolic OH excluding ortho intramolecular Hbond substituents is 3. The third kappa shape index (κ3) is 17.7. The first-order chi connectivity index (χ1) is 32.9. The van der Waals surface area contributed by atoms with Crippen LogP contribution in [0.15, 0.2) is 78.9 Å². The molecule has 6 rings (SSSR count). The van der Waals surface area contributed by atoms with E-state index >= 15 is 0 Å². The summed E-state index contributed by atoms with van der Waals surface area (Å²) in [6, 6.07) is 23.0. The van der Waals surface area contributed by atoms with Gasteiger partial charge in [0.1, 0.15) is 24.7 Å². The van der Waals surface area contributed by atoms with Crippen molar-refractivity contribution in [2.45, 2.75) is 118 Å². The molecule has 2 saturated carbocycles. The van der Waals surface area contributed by atoms with Crippen molar-refractivity contribution in [1.29, 1.82) is 0 Å². The first-order valence-electron chi connectivity index (χ1n) is 24.3. The van der Waals surface area contributed by atoms with Crippen LogP contribution in [-0.4, -0.2) is 70.2 Å². The van der Waals surface area contributed by atoms with Crippen LogP contribution in [-0.2, 0) is 50.0 Å². The van der Waals surface area contributed by atoms with E-state index in [0.717, 1.165) is 47.0 Å². The van der Waals surface area contributed by atoms with Crippen molar-refractivity contribution in [3.8, 4) is 23.0 Å². The van der Waals surface area contributed by atoms with Gasteiger partial charge in [-0.15, -0.1) is 0 Å². The fraction of sp³-hybridized carbons (Fsp3) is 0.500. The smallest absolute Gasteiger partial charge is 0.341 e. The minimum atomic E-state index is -1.04. The number of rotatable bonds is 21. The third-order valence-corrected chi connectivity index (χ3v) is 13.3. The van der Waals surface area contributed by atoms with Gasteiger partial charge in [0.05, 0.1) is 12.2 Å². The van der Waals surface area contributed by atoms with Crippen LogP contribution >= 0.6 is 0 Å². The van der Waals surface area contributed by atoms with E-state index in [0.29, 0.717) is 72.1 Å². The van der Waals surface area contributed by atoms with Crippen LogP contribution in [0.25, 0.3) is 0 Å². The zero-order valence-electron chi connectivity index (χ0n) is 41.1. The number of nitrogen functional groups attached to an aromatic ring is 1. The maximum atomic E-state index is 12.4. The average molecular weight is 954 g/mol. The number of aromatic hydroxyl groups is 3. The van der Waals surface area contributed by atoms with Gasteiger partial charge in [-0.05, 0) is 114 Å². The number of hydrogen-bond donors (Lipinski definition) is 9. The van der Waals surface area contributed by atoms with Gasteiger partial charge in [0.2, 0.25) is 11.8 Å². The van der Waals surface area contributed by atoms with Crippen LogP contribution < -0.4 is 31.7 Å². The quantitative estimate of drug-likeness (QED) is 0.0216. The number of nitrogens with one attached hydrogen (secondary N) is 4. The summed E-state index contributed by atoms with van der Waals surface area (Å²) >= 11 is 0. The molecule has 0 spiro atoms. The Balaban J connectivity index is 0.000000258. The second-order valence-electron chi connectivity index (χ2n) is 19.5. The lowest BCUT2D eigenvalue weighted by Crippen LogP contribution is -2.37. The van der Waals surface area contributed by atoms with E-state index in [1.807, 2.05) is 54.6 Å². The summed E-state index contributed by atoms with van der Waals surface area (Å²) in [5.41, 5.74) is 11.6. The Morgan fingerprint density at radius 1 is 0.594 bits per heavy atom. The van der Waals surface area contributed by atoms with Crippen LogP contribution in [0, 0.1) is 35.5 Å². The molecule has 2 aliphatic carbocycles. The molecular weight excluding hydrogens is 879 g/mol. The van der Waals surface area contributed by atoms with E-state index in [2.05, 4.69) is 62.8 Å². The van der Waals surface area contributed by atoms with Gasteiger partial charge in [0.15, 0.2) is 18.1 Å². The number of carboxylic acid groups (broad SMARTS) is 1. The first kappa shape index (κ1) is 53.8. The van der Waals surface area contributed by atoms with E-state index in [4.69, 9.17) is 25.1 Å². The predicted octanol–water partition coefficient (Wildman–Crippen LogP) is 8.95. The van der Waals surface area contributed by atoms with Crippen LogP contribution in [0.5, 0.6) is 23.0 Å². The van der Waals surface area contributed by atoms with Crippen molar-refractivity contribution in [3.05, 3.63) is 101 Å². The summed E-state index contributed by atoms with van der Waals surface area (Å²) in [4.78, 5) is 35.3. The van der Waals surface area contributed by atoms with Crippen LogP contribution in [0.1, 0.15) is 102 Å². The van der Waals surface area contributed by atoms with Gasteiger partial charge < -0.3 is 61.6 Å². The number of phenols is 3. The zero-order valence-corrected chi connectivity index (χ0v) is 41.1. The molecule has 0 heterocycles. The molecule has 6 unspecified atom stereocenters. The molecule has 2 amide bonds. The summed E-state index contributed by atoms with van der Waals surface area (Å²) in [5, 5.41) is 49.9. The Morgan fingerprint density at radius 2 is 1.06 bits per heavy atom. The number of aliphatic carboxylic acids is 1. The van der Waals surface area contributed by atoms with Gasteiger partial charge in [-0.3, -0.25) is 9.59 Å². The molecule has 2 fully saturated rings. The highest BCUT2D eigenvalue weighted by Gasteiger charge is 2.33. The predicted molar refractivity (Wildman–Crippen MR) is 269 cm³/mol. The molecule has 15 nitrogen and oxygen atoms in total. The number of anilines is 3. The molecule has 0 bridgehead atoms. The van der Waals surface area contributed by atoms with Crippen LogP contribution in [0.4, 0.5) is 17.1 Å². The molecule has 15 heteroatoms. The molecule has 376 valence electrons. The molecular formula is C54H75N5O10. The maximum absolute atomic E-state index is 12.4. The van der Waals surface area contributed by atoms with Gasteiger partial charge in [-0.2, -0.15) is 0 Å². The second kappa shape index (κ2) is 26.5. The van der Waals surface area contributed by atoms with Crippen molar-refractivity contribution in [2.24, 2.45) is 35.5 Å². The zero-order chi connectivity index (χ0) is 50.0. The van der Waals surface area contributed by atoms with Gasteiger partial charge in [-0.25, -0.2) is 4.79 Å². The van der Waals surface area contributed by atoms with Gasteiger partial charge in [-0.1, -0.05) is 84.7 Å². The molecule has 4 aromatic carbocycles. The lowest BCUT2D eigenvalue weighted by Gasteiger charge is -2.37. The Morgan fingerprint density at radius 3 is 1.51 bits per heavy atom. The number of amides is 2. The van der Waals surface area contributed by atoms with Gasteiger partial charge in [0.25, 0.3) is 0 Å². The highest BCUT2D eigenvalue weighted by Crippen LogP contribution is 2.37. The Kier molecular flexibility index (Phi) is 20.7. The molecule has 2 aliphatic rings. The van der Waals surface area contributed by atoms with Crippen molar-refractivity contribution < 1.29 is 49.0 Å². The molecule has 6 atom stereocenters. The monoisotopic (exact) mass is 954 g/mol. The van der Waals surface area contributed by atoms with E-state index in [9.17, 15) is 29.7 Å².